The zero-order valence-corrected chi connectivity index (χ0v) is 23.8. The zero-order valence-electron chi connectivity index (χ0n) is 23.8. The summed E-state index contributed by atoms with van der Waals surface area (Å²) < 4.78 is 14.8. The smallest absolute Gasteiger partial charge is 0.276 e. The quantitative estimate of drug-likeness (QED) is 0.376. The van der Waals surface area contributed by atoms with Crippen LogP contribution in [0.4, 0.5) is 0 Å². The molecule has 0 radical (unpaired) electrons. The highest BCUT2D eigenvalue weighted by Crippen LogP contribution is 2.34. The van der Waals surface area contributed by atoms with Crippen LogP contribution < -0.4 is 14.8 Å². The van der Waals surface area contributed by atoms with E-state index >= 15 is 0 Å². The normalized spacial score (nSPS) is 19.3. The molecule has 0 saturated carbocycles. The molecule has 0 aliphatic carbocycles. The number of likely N-dealkylation sites (N-methyl/N-ethyl adjacent to an activating group) is 1. The lowest BCUT2D eigenvalue weighted by Gasteiger charge is -2.21. The highest BCUT2D eigenvalue weighted by atomic mass is 16.5. The van der Waals surface area contributed by atoms with Crippen molar-refractivity contribution in [3.63, 3.8) is 0 Å². The SMILES string of the molecule is COc1cccc2c1OCc1cn(nn1)[C@@H]1CN(C(=O)c3cn(-c4ccccc4)nn3)C[C@@H]1CC(=O)NCCN(C)C2=O. The summed E-state index contributed by atoms with van der Waals surface area (Å²) in [6, 6.07) is 14.2. The molecule has 43 heavy (non-hydrogen) atoms. The number of likely N-dealkylation sites (tertiary alicyclic amines) is 1. The summed E-state index contributed by atoms with van der Waals surface area (Å²) in [5.41, 5.74) is 1.85. The van der Waals surface area contributed by atoms with Gasteiger partial charge in [-0.25, -0.2) is 9.36 Å². The second-order valence-corrected chi connectivity index (χ2v) is 10.5. The summed E-state index contributed by atoms with van der Waals surface area (Å²) >= 11 is 0. The zero-order chi connectivity index (χ0) is 29.9. The standard InChI is InChI=1S/C29H31N9O5/c1-35-12-11-30-26(39)13-19-14-36(29(41)23-16-37(34-32-23)21-7-4-3-5-8-21)17-24(19)38-15-20(31-33-38)18-43-27-22(28(35)40)9-6-10-25(27)42-2/h3-10,15-16,19,24H,11-14,17-18H2,1-2H3,(H,30,39)/t19-,24+/m0/s1. The molecule has 3 amide bonds. The van der Waals surface area contributed by atoms with E-state index < -0.39 is 0 Å². The van der Waals surface area contributed by atoms with Crippen molar-refractivity contribution >= 4 is 17.7 Å². The van der Waals surface area contributed by atoms with Crippen molar-refractivity contribution in [2.24, 2.45) is 5.92 Å². The van der Waals surface area contributed by atoms with E-state index in [4.69, 9.17) is 9.47 Å². The van der Waals surface area contributed by atoms with Crippen LogP contribution in [0.15, 0.2) is 60.9 Å². The number of carbonyl (C=O) groups is 3. The monoisotopic (exact) mass is 585 g/mol. The summed E-state index contributed by atoms with van der Waals surface area (Å²) in [6.07, 6.45) is 3.50. The number of fused-ring (bicyclic) bond motifs is 5. The molecule has 0 spiro atoms. The van der Waals surface area contributed by atoms with E-state index in [1.807, 2.05) is 30.3 Å². The highest BCUT2D eigenvalue weighted by Gasteiger charge is 2.39. The van der Waals surface area contributed by atoms with Crippen LogP contribution in [0.3, 0.4) is 0 Å². The molecule has 2 aromatic carbocycles. The summed E-state index contributed by atoms with van der Waals surface area (Å²) in [6.45, 7) is 1.22. The van der Waals surface area contributed by atoms with E-state index in [-0.39, 0.29) is 54.9 Å². The fraction of sp³-hybridized carbons (Fsp3) is 0.345. The lowest BCUT2D eigenvalue weighted by Crippen LogP contribution is -2.37. The van der Waals surface area contributed by atoms with Crippen molar-refractivity contribution < 1.29 is 23.9 Å². The Labute approximate surface area is 247 Å². The number of hydrogen-bond donors (Lipinski definition) is 1. The molecule has 2 aromatic heterocycles. The van der Waals surface area contributed by atoms with Gasteiger partial charge in [0.25, 0.3) is 11.8 Å². The molecule has 0 unspecified atom stereocenters. The summed E-state index contributed by atoms with van der Waals surface area (Å²) in [5, 5.41) is 19.7. The fourth-order valence-electron chi connectivity index (χ4n) is 5.41. The number of hydrogen-bond acceptors (Lipinski definition) is 9. The van der Waals surface area contributed by atoms with Crippen LogP contribution in [0.5, 0.6) is 11.5 Å². The van der Waals surface area contributed by atoms with Crippen LogP contribution in [0.2, 0.25) is 0 Å². The molecular formula is C29H31N9O5. The van der Waals surface area contributed by atoms with Gasteiger partial charge in [-0.15, -0.1) is 10.2 Å². The number of methoxy groups -OCH3 is 1. The van der Waals surface area contributed by atoms with Crippen molar-refractivity contribution in [3.8, 4) is 17.2 Å². The van der Waals surface area contributed by atoms with E-state index in [1.165, 1.54) is 12.0 Å². The molecule has 4 heterocycles. The Kier molecular flexibility index (Phi) is 7.73. The molecule has 2 bridgehead atoms. The van der Waals surface area contributed by atoms with Gasteiger partial charge in [-0.05, 0) is 24.3 Å². The first-order valence-electron chi connectivity index (χ1n) is 13.9. The predicted octanol–water partition coefficient (Wildman–Crippen LogP) is 1.35. The Morgan fingerprint density at radius 1 is 1.02 bits per heavy atom. The first kappa shape index (κ1) is 27.9. The second kappa shape index (κ2) is 11.9. The highest BCUT2D eigenvalue weighted by molar-refractivity contribution is 5.97. The lowest BCUT2D eigenvalue weighted by molar-refractivity contribution is -0.122. The van der Waals surface area contributed by atoms with Crippen LogP contribution in [0.25, 0.3) is 5.69 Å². The van der Waals surface area contributed by atoms with Gasteiger partial charge in [-0.3, -0.25) is 14.4 Å². The van der Waals surface area contributed by atoms with Gasteiger partial charge in [-0.1, -0.05) is 34.7 Å². The number of para-hydroxylation sites is 2. The van der Waals surface area contributed by atoms with E-state index in [0.29, 0.717) is 42.4 Å². The molecular weight excluding hydrogens is 554 g/mol. The van der Waals surface area contributed by atoms with Gasteiger partial charge in [0.1, 0.15) is 12.3 Å². The minimum atomic E-state index is -0.306. The van der Waals surface area contributed by atoms with Crippen molar-refractivity contribution in [2.45, 2.75) is 19.1 Å². The first-order chi connectivity index (χ1) is 20.9. The number of benzene rings is 2. The molecule has 2 aliphatic rings. The van der Waals surface area contributed by atoms with Crippen molar-refractivity contribution in [1.82, 2.24) is 45.1 Å². The molecule has 14 heteroatoms. The molecule has 1 N–H and O–H groups in total. The number of nitrogens with one attached hydrogen (secondary N) is 1. The van der Waals surface area contributed by atoms with Crippen LogP contribution in [0.1, 0.15) is 39.0 Å². The van der Waals surface area contributed by atoms with Gasteiger partial charge in [0, 0.05) is 45.6 Å². The predicted molar refractivity (Wildman–Crippen MR) is 152 cm³/mol. The van der Waals surface area contributed by atoms with Crippen LogP contribution in [-0.4, -0.2) is 97.8 Å². The van der Waals surface area contributed by atoms with Crippen LogP contribution in [0, 0.1) is 5.92 Å². The minimum absolute atomic E-state index is 0.0352. The van der Waals surface area contributed by atoms with Crippen molar-refractivity contribution in [2.75, 3.05) is 40.3 Å². The fourth-order valence-corrected chi connectivity index (χ4v) is 5.41. The number of aromatic nitrogens is 6. The van der Waals surface area contributed by atoms with Crippen LogP contribution >= 0.6 is 0 Å². The molecule has 14 nitrogen and oxygen atoms in total. The Morgan fingerprint density at radius 2 is 1.86 bits per heavy atom. The maximum Gasteiger partial charge on any atom is 0.276 e. The molecule has 2 aliphatic heterocycles. The Morgan fingerprint density at radius 3 is 2.67 bits per heavy atom. The van der Waals surface area contributed by atoms with Gasteiger partial charge >= 0.3 is 0 Å². The summed E-state index contributed by atoms with van der Waals surface area (Å²) in [7, 11) is 3.17. The topological polar surface area (TPSA) is 150 Å². The molecule has 1 fully saturated rings. The van der Waals surface area contributed by atoms with Gasteiger partial charge in [-0.2, -0.15) is 0 Å². The third-order valence-corrected chi connectivity index (χ3v) is 7.68. The average Bonchev–Trinajstić information content (AvgIpc) is 3.79. The maximum atomic E-state index is 13.5. The van der Waals surface area contributed by atoms with Crippen molar-refractivity contribution in [1.29, 1.82) is 0 Å². The molecule has 4 aromatic rings. The van der Waals surface area contributed by atoms with E-state index in [0.717, 1.165) is 5.69 Å². The van der Waals surface area contributed by atoms with E-state index in [9.17, 15) is 14.4 Å². The first-order valence-corrected chi connectivity index (χ1v) is 13.9. The van der Waals surface area contributed by atoms with Gasteiger partial charge in [0.15, 0.2) is 17.2 Å². The van der Waals surface area contributed by atoms with Gasteiger partial charge in [0.05, 0.1) is 36.8 Å². The summed E-state index contributed by atoms with van der Waals surface area (Å²) in [5.74, 6) is -0.266. The Bertz CT molecular complexity index is 1640. The third-order valence-electron chi connectivity index (χ3n) is 7.68. The van der Waals surface area contributed by atoms with Crippen molar-refractivity contribution in [3.05, 3.63) is 77.9 Å². The minimum Gasteiger partial charge on any atom is -0.493 e. The third kappa shape index (κ3) is 5.76. The number of nitrogens with zero attached hydrogens (tertiary/aromatic N) is 8. The Balaban J connectivity index is 1.26. The number of rotatable bonds is 3. The number of amides is 3. The van der Waals surface area contributed by atoms with E-state index in [2.05, 4.69) is 25.9 Å². The lowest BCUT2D eigenvalue weighted by atomic mass is 9.99. The molecule has 6 rings (SSSR count). The van der Waals surface area contributed by atoms with Gasteiger partial charge < -0.3 is 24.6 Å². The second-order valence-electron chi connectivity index (χ2n) is 10.5. The molecule has 1 saturated heterocycles. The maximum absolute atomic E-state index is 13.5. The number of ether oxygens (including phenoxy) is 2. The molecule has 2 atom stereocenters. The van der Waals surface area contributed by atoms with E-state index in [1.54, 1.807) is 51.9 Å². The molecule has 222 valence electrons. The van der Waals surface area contributed by atoms with Crippen LogP contribution in [-0.2, 0) is 11.4 Å². The average molecular weight is 586 g/mol. The Hall–Kier alpha value is -5.27. The summed E-state index contributed by atoms with van der Waals surface area (Å²) in [4.78, 5) is 43.0. The largest absolute Gasteiger partial charge is 0.493 e. The number of carbonyl (C=O) groups excluding carboxylic acids is 3. The van der Waals surface area contributed by atoms with Gasteiger partial charge in [0.2, 0.25) is 5.91 Å².